The van der Waals surface area contributed by atoms with Crippen LogP contribution in [0, 0.1) is 0 Å². The third-order valence-electron chi connectivity index (χ3n) is 5.78. The molecular formula is C26H28N2O5S2. The van der Waals surface area contributed by atoms with Crippen molar-refractivity contribution in [3.05, 3.63) is 64.6 Å². The Kier molecular flexibility index (Phi) is 8.79. The van der Waals surface area contributed by atoms with Crippen molar-refractivity contribution >= 4 is 46.2 Å². The van der Waals surface area contributed by atoms with Gasteiger partial charge in [0.1, 0.15) is 4.32 Å². The summed E-state index contributed by atoms with van der Waals surface area (Å²) in [5.41, 5.74) is 1.90. The fourth-order valence-corrected chi connectivity index (χ4v) is 5.25. The summed E-state index contributed by atoms with van der Waals surface area (Å²) in [6, 6.07) is 15.3. The van der Waals surface area contributed by atoms with E-state index < -0.39 is 0 Å². The lowest BCUT2D eigenvalue weighted by molar-refractivity contribution is -0.132. The molecule has 2 aromatic rings. The monoisotopic (exact) mass is 512 g/mol. The molecule has 1 N–H and O–H groups in total. The van der Waals surface area contributed by atoms with Crippen LogP contribution in [0.4, 0.5) is 0 Å². The Morgan fingerprint density at radius 2 is 1.91 bits per heavy atom. The van der Waals surface area contributed by atoms with E-state index in [1.54, 1.807) is 9.80 Å². The third-order valence-corrected chi connectivity index (χ3v) is 7.16. The molecule has 0 spiro atoms. The second-order valence-corrected chi connectivity index (χ2v) is 9.96. The number of rotatable bonds is 11. The van der Waals surface area contributed by atoms with Crippen molar-refractivity contribution in [3.63, 3.8) is 0 Å². The quantitative estimate of drug-likeness (QED) is 0.275. The fourth-order valence-electron chi connectivity index (χ4n) is 3.94. The molecule has 0 unspecified atom stereocenters. The van der Waals surface area contributed by atoms with Crippen LogP contribution in [0.3, 0.4) is 0 Å². The van der Waals surface area contributed by atoms with E-state index in [1.165, 1.54) is 11.8 Å². The first kappa shape index (κ1) is 25.2. The Morgan fingerprint density at radius 1 is 1.11 bits per heavy atom. The lowest BCUT2D eigenvalue weighted by Crippen LogP contribution is -2.33. The highest BCUT2D eigenvalue weighted by Crippen LogP contribution is 2.36. The van der Waals surface area contributed by atoms with Crippen molar-refractivity contribution in [2.24, 2.45) is 0 Å². The number of hydrogen-bond donors (Lipinski definition) is 1. The number of carbonyl (C=O) groups excluding carboxylic acids is 2. The topological polar surface area (TPSA) is 79.3 Å². The van der Waals surface area contributed by atoms with Gasteiger partial charge in [-0.3, -0.25) is 14.5 Å². The number of thiocarbonyl (C=S) groups is 1. The SMILES string of the molecule is O=C(CCCCCN1C(=O)/C(=C/c2ccc3c(c2)OCO3)SC1=S)N(CCO)Cc1ccccc1. The van der Waals surface area contributed by atoms with Gasteiger partial charge in [0.2, 0.25) is 12.7 Å². The van der Waals surface area contributed by atoms with Crippen LogP contribution >= 0.6 is 24.0 Å². The van der Waals surface area contributed by atoms with E-state index in [9.17, 15) is 14.7 Å². The molecule has 0 bridgehead atoms. The number of aliphatic hydroxyl groups excluding tert-OH is 1. The van der Waals surface area contributed by atoms with Crippen LogP contribution in [0.2, 0.25) is 0 Å². The van der Waals surface area contributed by atoms with Crippen LogP contribution in [0.5, 0.6) is 11.5 Å². The van der Waals surface area contributed by atoms with E-state index >= 15 is 0 Å². The maximum atomic E-state index is 12.9. The number of fused-ring (bicyclic) bond motifs is 1. The van der Waals surface area contributed by atoms with Gasteiger partial charge >= 0.3 is 0 Å². The molecule has 2 aliphatic heterocycles. The van der Waals surface area contributed by atoms with Crippen LogP contribution in [0.1, 0.15) is 36.8 Å². The first-order chi connectivity index (χ1) is 17.0. The van der Waals surface area contributed by atoms with Crippen molar-refractivity contribution < 1.29 is 24.2 Å². The summed E-state index contributed by atoms with van der Waals surface area (Å²) in [5, 5.41) is 9.34. The zero-order valence-electron chi connectivity index (χ0n) is 19.4. The lowest BCUT2D eigenvalue weighted by atomic mass is 10.1. The van der Waals surface area contributed by atoms with E-state index in [0.717, 1.165) is 30.4 Å². The molecule has 7 nitrogen and oxygen atoms in total. The number of carbonyl (C=O) groups is 2. The summed E-state index contributed by atoms with van der Waals surface area (Å²) in [6.07, 6.45) is 4.52. The molecule has 1 saturated heterocycles. The number of ether oxygens (including phenoxy) is 2. The summed E-state index contributed by atoms with van der Waals surface area (Å²) in [5.74, 6) is 1.31. The van der Waals surface area contributed by atoms with Crippen LogP contribution in [0.25, 0.3) is 6.08 Å². The minimum atomic E-state index is -0.0919. The normalized spacial score (nSPS) is 15.8. The van der Waals surface area contributed by atoms with Gasteiger partial charge in [-0.1, -0.05) is 66.8 Å². The smallest absolute Gasteiger partial charge is 0.266 e. The molecule has 0 aliphatic carbocycles. The van der Waals surface area contributed by atoms with Crippen LogP contribution in [-0.4, -0.2) is 57.5 Å². The minimum Gasteiger partial charge on any atom is -0.454 e. The van der Waals surface area contributed by atoms with E-state index in [-0.39, 0.29) is 25.2 Å². The minimum absolute atomic E-state index is 0.0279. The van der Waals surface area contributed by atoms with Gasteiger partial charge in [0.15, 0.2) is 11.5 Å². The molecule has 184 valence electrons. The molecule has 35 heavy (non-hydrogen) atoms. The van der Waals surface area contributed by atoms with Gasteiger partial charge in [-0.05, 0) is 42.2 Å². The van der Waals surface area contributed by atoms with Gasteiger partial charge in [0.25, 0.3) is 5.91 Å². The van der Waals surface area contributed by atoms with Crippen molar-refractivity contribution in [2.45, 2.75) is 32.2 Å². The van der Waals surface area contributed by atoms with Gasteiger partial charge in [0, 0.05) is 26.1 Å². The largest absolute Gasteiger partial charge is 0.454 e. The van der Waals surface area contributed by atoms with Crippen LogP contribution in [-0.2, 0) is 16.1 Å². The standard InChI is InChI=1S/C26H28N2O5S2/c29-14-13-27(17-19-7-3-1-4-8-19)24(30)9-5-2-6-12-28-25(31)23(35-26(28)34)16-20-10-11-21-22(15-20)33-18-32-21/h1,3-4,7-8,10-11,15-16,29H,2,5-6,9,12-14,17-18H2/b23-16-. The predicted molar refractivity (Wildman–Crippen MR) is 140 cm³/mol. The van der Waals surface area contributed by atoms with Crippen LogP contribution < -0.4 is 9.47 Å². The molecule has 0 atom stereocenters. The maximum absolute atomic E-state index is 12.9. The first-order valence-corrected chi connectivity index (χ1v) is 12.8. The van der Waals surface area contributed by atoms with E-state index in [2.05, 4.69) is 0 Å². The zero-order chi connectivity index (χ0) is 24.6. The van der Waals surface area contributed by atoms with Crippen LogP contribution in [0.15, 0.2) is 53.4 Å². The maximum Gasteiger partial charge on any atom is 0.266 e. The van der Waals surface area contributed by atoms with Crippen molar-refractivity contribution in [2.75, 3.05) is 26.5 Å². The second-order valence-electron chi connectivity index (χ2n) is 8.28. The molecule has 0 radical (unpaired) electrons. The Morgan fingerprint density at radius 3 is 2.71 bits per heavy atom. The number of amides is 2. The zero-order valence-corrected chi connectivity index (χ0v) is 21.0. The number of unbranched alkanes of at least 4 members (excludes halogenated alkanes) is 2. The Balaban J connectivity index is 1.22. The van der Waals surface area contributed by atoms with Crippen molar-refractivity contribution in [3.8, 4) is 11.5 Å². The molecule has 2 aliphatic rings. The molecule has 2 aromatic carbocycles. The Labute approximate surface area is 214 Å². The van der Waals surface area contributed by atoms with Gasteiger partial charge < -0.3 is 19.5 Å². The fraction of sp³-hybridized carbons (Fsp3) is 0.346. The summed E-state index contributed by atoms with van der Waals surface area (Å²) in [6.45, 7) is 1.49. The van der Waals surface area contributed by atoms with Crippen molar-refractivity contribution in [1.82, 2.24) is 9.80 Å². The van der Waals surface area contributed by atoms with E-state index in [0.29, 0.717) is 46.8 Å². The third kappa shape index (κ3) is 6.62. The summed E-state index contributed by atoms with van der Waals surface area (Å²) in [7, 11) is 0. The number of hydrogen-bond acceptors (Lipinski definition) is 7. The molecule has 1 fully saturated rings. The number of aliphatic hydroxyl groups is 1. The number of nitrogens with zero attached hydrogens (tertiary/aromatic N) is 2. The summed E-state index contributed by atoms with van der Waals surface area (Å²) >= 11 is 6.73. The number of benzene rings is 2. The molecule has 0 aromatic heterocycles. The second kappa shape index (κ2) is 12.2. The molecule has 4 rings (SSSR count). The molecule has 0 saturated carbocycles. The Bertz CT molecular complexity index is 1110. The highest BCUT2D eigenvalue weighted by Gasteiger charge is 2.31. The first-order valence-electron chi connectivity index (χ1n) is 11.6. The Hall–Kier alpha value is -2.88. The molecule has 9 heteroatoms. The molecule has 2 heterocycles. The van der Waals surface area contributed by atoms with Gasteiger partial charge in [-0.15, -0.1) is 0 Å². The lowest BCUT2D eigenvalue weighted by Gasteiger charge is -2.22. The highest BCUT2D eigenvalue weighted by molar-refractivity contribution is 8.26. The average Bonchev–Trinajstić information content (AvgIpc) is 3.43. The molecular weight excluding hydrogens is 484 g/mol. The summed E-state index contributed by atoms with van der Waals surface area (Å²) < 4.78 is 11.3. The van der Waals surface area contributed by atoms with Gasteiger partial charge in [-0.2, -0.15) is 0 Å². The average molecular weight is 513 g/mol. The predicted octanol–water partition coefficient (Wildman–Crippen LogP) is 4.20. The van der Waals surface area contributed by atoms with Crippen molar-refractivity contribution in [1.29, 1.82) is 0 Å². The summed E-state index contributed by atoms with van der Waals surface area (Å²) in [4.78, 5) is 29.4. The highest BCUT2D eigenvalue weighted by atomic mass is 32.2. The van der Waals surface area contributed by atoms with Gasteiger partial charge in [-0.25, -0.2) is 0 Å². The van der Waals surface area contributed by atoms with E-state index in [1.807, 2.05) is 54.6 Å². The molecule has 2 amide bonds. The number of thioether (sulfide) groups is 1. The van der Waals surface area contributed by atoms with E-state index in [4.69, 9.17) is 21.7 Å². The van der Waals surface area contributed by atoms with Gasteiger partial charge in [0.05, 0.1) is 11.5 Å².